The van der Waals surface area contributed by atoms with Crippen molar-refractivity contribution in [3.63, 3.8) is 0 Å². The molecule has 6 heteroatoms. The maximum atomic E-state index is 10.2. The maximum Gasteiger partial charge on any atom is 0.131 e. The third kappa shape index (κ3) is 1.74. The molecule has 2 bridgehead atoms. The molecule has 84 valence electrons. The summed E-state index contributed by atoms with van der Waals surface area (Å²) in [6.07, 6.45) is -0.794. The zero-order valence-electron chi connectivity index (χ0n) is 8.56. The Labute approximate surface area is 104 Å². The molecule has 4 nitrogen and oxygen atoms in total. The van der Waals surface area contributed by atoms with Crippen LogP contribution in [0.5, 0.6) is 0 Å². The number of halogens is 1. The SMILES string of the molecule is [B][C@@H]1O[C@@]2(CI)C(COC)OCC1C2O. The van der Waals surface area contributed by atoms with E-state index in [0.29, 0.717) is 17.6 Å². The molecule has 2 radical (unpaired) electrons. The summed E-state index contributed by atoms with van der Waals surface area (Å²) in [4.78, 5) is 0. The molecule has 0 spiro atoms. The number of aliphatic hydroxyl groups is 1. The highest BCUT2D eigenvalue weighted by molar-refractivity contribution is 14.1. The van der Waals surface area contributed by atoms with Gasteiger partial charge in [0.25, 0.3) is 0 Å². The van der Waals surface area contributed by atoms with Gasteiger partial charge in [0.2, 0.25) is 0 Å². The number of fused-ring (bicyclic) bond motifs is 2. The number of hydrogen-bond acceptors (Lipinski definition) is 4. The van der Waals surface area contributed by atoms with E-state index >= 15 is 0 Å². The van der Waals surface area contributed by atoms with Crippen molar-refractivity contribution in [2.45, 2.75) is 23.8 Å². The van der Waals surface area contributed by atoms with E-state index in [1.807, 2.05) is 0 Å². The lowest BCUT2D eigenvalue weighted by atomic mass is 9.79. The number of methoxy groups -OCH3 is 1. The van der Waals surface area contributed by atoms with Crippen LogP contribution < -0.4 is 0 Å². The van der Waals surface area contributed by atoms with Crippen LogP contribution in [0.25, 0.3) is 0 Å². The lowest BCUT2D eigenvalue weighted by Gasteiger charge is -2.41. The van der Waals surface area contributed by atoms with E-state index < -0.39 is 17.7 Å². The zero-order valence-corrected chi connectivity index (χ0v) is 10.7. The molecule has 0 aromatic carbocycles. The Balaban J connectivity index is 2.23. The molecular formula is C9H14BIO4. The van der Waals surface area contributed by atoms with Gasteiger partial charge in [-0.3, -0.25) is 0 Å². The van der Waals surface area contributed by atoms with E-state index in [9.17, 15) is 5.11 Å². The van der Waals surface area contributed by atoms with Crippen molar-refractivity contribution in [3.8, 4) is 0 Å². The van der Waals surface area contributed by atoms with E-state index in [1.165, 1.54) is 0 Å². The molecule has 2 aliphatic heterocycles. The van der Waals surface area contributed by atoms with Gasteiger partial charge in [-0.25, -0.2) is 0 Å². The second-order valence-electron chi connectivity index (χ2n) is 4.06. The van der Waals surface area contributed by atoms with E-state index in [2.05, 4.69) is 22.6 Å². The Kier molecular flexibility index (Phi) is 3.62. The molecule has 15 heavy (non-hydrogen) atoms. The van der Waals surface area contributed by atoms with Gasteiger partial charge in [0.05, 0.1) is 19.3 Å². The van der Waals surface area contributed by atoms with Crippen LogP contribution in [0.4, 0.5) is 0 Å². The minimum absolute atomic E-state index is 0.118. The highest BCUT2D eigenvalue weighted by Gasteiger charge is 2.60. The molecule has 0 amide bonds. The highest BCUT2D eigenvalue weighted by Crippen LogP contribution is 2.43. The predicted octanol–water partition coefficient (Wildman–Crippen LogP) is -0.293. The van der Waals surface area contributed by atoms with Crippen LogP contribution in [0.15, 0.2) is 0 Å². The van der Waals surface area contributed by atoms with E-state index in [4.69, 9.17) is 22.1 Å². The lowest BCUT2D eigenvalue weighted by Crippen LogP contribution is -2.59. The monoisotopic (exact) mass is 324 g/mol. The lowest BCUT2D eigenvalue weighted by molar-refractivity contribution is -0.180. The number of aliphatic hydroxyl groups excluding tert-OH is 1. The third-order valence-electron chi connectivity index (χ3n) is 3.25. The average molecular weight is 324 g/mol. The summed E-state index contributed by atoms with van der Waals surface area (Å²) in [6, 6.07) is -0.434. The van der Waals surface area contributed by atoms with Gasteiger partial charge in [-0.05, 0) is 0 Å². The molecule has 5 atom stereocenters. The second-order valence-corrected chi connectivity index (χ2v) is 4.82. The normalized spacial score (nSPS) is 49.5. The first-order chi connectivity index (χ1) is 7.15. The summed E-state index contributed by atoms with van der Waals surface area (Å²) in [5.74, 6) is -0.118. The largest absolute Gasteiger partial charge is 0.390 e. The second kappa shape index (κ2) is 4.48. The first kappa shape index (κ1) is 12.1. The van der Waals surface area contributed by atoms with Gasteiger partial charge in [0.1, 0.15) is 19.6 Å². The van der Waals surface area contributed by atoms with E-state index in [0.717, 1.165) is 0 Å². The highest BCUT2D eigenvalue weighted by atomic mass is 127. The van der Waals surface area contributed by atoms with Crippen LogP contribution in [0.1, 0.15) is 0 Å². The van der Waals surface area contributed by atoms with E-state index in [-0.39, 0.29) is 12.0 Å². The zero-order chi connectivity index (χ0) is 11.1. The maximum absolute atomic E-state index is 10.2. The van der Waals surface area contributed by atoms with Crippen LogP contribution in [-0.4, -0.2) is 61.5 Å². The number of ether oxygens (including phenoxy) is 3. The van der Waals surface area contributed by atoms with Crippen molar-refractivity contribution in [3.05, 3.63) is 0 Å². The summed E-state index contributed by atoms with van der Waals surface area (Å²) in [6.45, 7) is 0.855. The molecule has 2 rings (SSSR count). The standard InChI is InChI=1S/C9H14BIO4/c1-13-3-6-9(4-11)7(12)5(2-14-6)8(10)15-9/h5-8,12H,2-4H2,1H3/t5?,6?,7?,8-,9+/m1/s1. The molecule has 1 N–H and O–H groups in total. The Hall–Kier alpha value is 0.635. The van der Waals surface area contributed by atoms with Crippen LogP contribution in [0.3, 0.4) is 0 Å². The minimum atomic E-state index is -0.696. The van der Waals surface area contributed by atoms with Gasteiger partial charge in [-0.15, -0.1) is 0 Å². The van der Waals surface area contributed by atoms with Crippen molar-refractivity contribution >= 4 is 30.4 Å². The van der Waals surface area contributed by atoms with Crippen LogP contribution in [0, 0.1) is 5.92 Å². The molecule has 2 aliphatic rings. The van der Waals surface area contributed by atoms with Gasteiger partial charge in [-0.1, -0.05) is 22.6 Å². The summed E-state index contributed by atoms with van der Waals surface area (Å²) in [5.41, 5.74) is -0.696. The summed E-state index contributed by atoms with van der Waals surface area (Å²) in [7, 11) is 7.43. The Bertz CT molecular complexity index is 242. The fourth-order valence-electron chi connectivity index (χ4n) is 2.31. The summed E-state index contributed by atoms with van der Waals surface area (Å²) >= 11 is 2.19. The Morgan fingerprint density at radius 1 is 1.67 bits per heavy atom. The van der Waals surface area contributed by atoms with Gasteiger partial charge < -0.3 is 19.3 Å². The summed E-state index contributed by atoms with van der Waals surface area (Å²) < 4.78 is 17.1. The Morgan fingerprint density at radius 3 is 3.00 bits per heavy atom. The molecule has 0 saturated carbocycles. The van der Waals surface area contributed by atoms with Gasteiger partial charge >= 0.3 is 0 Å². The topological polar surface area (TPSA) is 47.9 Å². The fraction of sp³-hybridized carbons (Fsp3) is 1.00. The van der Waals surface area contributed by atoms with Crippen molar-refractivity contribution in [2.75, 3.05) is 24.8 Å². The molecule has 2 fully saturated rings. The van der Waals surface area contributed by atoms with E-state index in [1.54, 1.807) is 7.11 Å². The number of alkyl halides is 1. The predicted molar refractivity (Wildman–Crippen MR) is 63.4 cm³/mol. The Morgan fingerprint density at radius 2 is 2.40 bits per heavy atom. The molecule has 2 heterocycles. The van der Waals surface area contributed by atoms with Gasteiger partial charge in [0, 0.05) is 23.5 Å². The quantitative estimate of drug-likeness (QED) is 0.440. The molecule has 0 aromatic heterocycles. The molecule has 2 saturated heterocycles. The molecule has 0 aromatic rings. The molecule has 0 aliphatic carbocycles. The number of rotatable bonds is 3. The third-order valence-corrected chi connectivity index (χ3v) is 4.44. The smallest absolute Gasteiger partial charge is 0.131 e. The van der Waals surface area contributed by atoms with Crippen molar-refractivity contribution < 1.29 is 19.3 Å². The van der Waals surface area contributed by atoms with Crippen LogP contribution >= 0.6 is 22.6 Å². The first-order valence-electron chi connectivity index (χ1n) is 4.93. The van der Waals surface area contributed by atoms with Crippen molar-refractivity contribution in [1.82, 2.24) is 0 Å². The van der Waals surface area contributed by atoms with Crippen LogP contribution in [0.2, 0.25) is 0 Å². The van der Waals surface area contributed by atoms with Crippen molar-refractivity contribution in [2.24, 2.45) is 5.92 Å². The first-order valence-corrected chi connectivity index (χ1v) is 6.46. The van der Waals surface area contributed by atoms with Gasteiger partial charge in [0.15, 0.2) is 0 Å². The number of hydrogen-bond donors (Lipinski definition) is 1. The average Bonchev–Trinajstić information content (AvgIpc) is 2.39. The molecule has 3 unspecified atom stereocenters. The van der Waals surface area contributed by atoms with Crippen LogP contribution in [-0.2, 0) is 14.2 Å². The minimum Gasteiger partial charge on any atom is -0.390 e. The van der Waals surface area contributed by atoms with Gasteiger partial charge in [-0.2, -0.15) is 0 Å². The molecular weight excluding hydrogens is 310 g/mol. The fourth-order valence-corrected chi connectivity index (χ4v) is 3.43. The summed E-state index contributed by atoms with van der Waals surface area (Å²) in [5, 5.41) is 10.2. The van der Waals surface area contributed by atoms with Crippen molar-refractivity contribution in [1.29, 1.82) is 0 Å².